The molecule has 1 saturated heterocycles. The Bertz CT molecular complexity index is 696. The Morgan fingerprint density at radius 1 is 1.14 bits per heavy atom. The average molecular weight is 339 g/mol. The van der Waals surface area contributed by atoms with Gasteiger partial charge in [-0.25, -0.2) is 4.98 Å². The van der Waals surface area contributed by atoms with Crippen LogP contribution < -0.4 is 4.90 Å². The summed E-state index contributed by atoms with van der Waals surface area (Å²) in [6, 6.07) is 0. The summed E-state index contributed by atoms with van der Waals surface area (Å²) in [5, 5.41) is 10.6. The molecule has 0 radical (unpaired) electrons. The zero-order valence-corrected chi connectivity index (χ0v) is 14.0. The molecule has 118 valence electrons. The van der Waals surface area contributed by atoms with Crippen molar-refractivity contribution in [2.45, 2.75) is 19.3 Å². The van der Waals surface area contributed by atoms with E-state index in [0.717, 1.165) is 56.2 Å². The van der Waals surface area contributed by atoms with Crippen LogP contribution in [0.25, 0.3) is 10.2 Å². The van der Waals surface area contributed by atoms with Crippen LogP contribution in [0.2, 0.25) is 5.28 Å². The van der Waals surface area contributed by atoms with Gasteiger partial charge < -0.3 is 10.0 Å². The maximum absolute atomic E-state index is 9.07. The second kappa shape index (κ2) is 5.92. The predicted molar refractivity (Wildman–Crippen MR) is 90.2 cm³/mol. The minimum Gasteiger partial charge on any atom is -0.395 e. The minimum absolute atomic E-state index is 0.224. The van der Waals surface area contributed by atoms with Crippen LogP contribution in [0.5, 0.6) is 0 Å². The zero-order valence-electron chi connectivity index (χ0n) is 12.4. The number of β-amino-alcohol motifs (C(OH)–C–C–N with tert-alkyl or cyclic N) is 1. The van der Waals surface area contributed by atoms with Gasteiger partial charge in [0, 0.05) is 37.6 Å². The van der Waals surface area contributed by atoms with E-state index in [-0.39, 0.29) is 6.61 Å². The van der Waals surface area contributed by atoms with Gasteiger partial charge in [-0.1, -0.05) is 0 Å². The van der Waals surface area contributed by atoms with Crippen molar-refractivity contribution in [3.63, 3.8) is 0 Å². The lowest BCUT2D eigenvalue weighted by molar-refractivity contribution is 0.188. The summed E-state index contributed by atoms with van der Waals surface area (Å²) < 4.78 is 0. The Morgan fingerprint density at radius 3 is 2.73 bits per heavy atom. The summed E-state index contributed by atoms with van der Waals surface area (Å²) >= 11 is 7.94. The van der Waals surface area contributed by atoms with Crippen molar-refractivity contribution in [3.05, 3.63) is 15.7 Å². The summed E-state index contributed by atoms with van der Waals surface area (Å²) in [5.74, 6) is 1.01. The molecule has 0 aromatic carbocycles. The molecule has 22 heavy (non-hydrogen) atoms. The van der Waals surface area contributed by atoms with Crippen LogP contribution in [-0.4, -0.2) is 59.3 Å². The molecule has 0 bridgehead atoms. The number of rotatable bonds is 3. The number of fused-ring (bicyclic) bond motifs is 3. The number of aromatic nitrogens is 2. The van der Waals surface area contributed by atoms with E-state index >= 15 is 0 Å². The summed E-state index contributed by atoms with van der Waals surface area (Å²) in [4.78, 5) is 16.1. The first kappa shape index (κ1) is 14.6. The molecule has 1 fully saturated rings. The molecule has 3 heterocycles. The third kappa shape index (κ3) is 2.48. The highest BCUT2D eigenvalue weighted by Gasteiger charge is 2.26. The van der Waals surface area contributed by atoms with Gasteiger partial charge in [-0.05, 0) is 36.4 Å². The van der Waals surface area contributed by atoms with Crippen LogP contribution in [0.4, 0.5) is 5.82 Å². The largest absolute Gasteiger partial charge is 0.395 e. The molecule has 0 atom stereocenters. The van der Waals surface area contributed by atoms with Gasteiger partial charge in [-0.15, -0.1) is 11.3 Å². The van der Waals surface area contributed by atoms with Crippen molar-refractivity contribution in [2.75, 3.05) is 44.2 Å². The van der Waals surface area contributed by atoms with E-state index in [0.29, 0.717) is 5.28 Å². The number of thiophene rings is 1. The molecule has 0 amide bonds. The van der Waals surface area contributed by atoms with Crippen molar-refractivity contribution in [2.24, 2.45) is 0 Å². The first-order chi connectivity index (χ1) is 10.8. The number of nitrogens with zero attached hydrogens (tertiary/aromatic N) is 4. The van der Waals surface area contributed by atoms with Gasteiger partial charge in [0.2, 0.25) is 5.28 Å². The van der Waals surface area contributed by atoms with E-state index < -0.39 is 0 Å². The molecule has 1 aliphatic carbocycles. The molecule has 2 aromatic rings. The fraction of sp³-hybridized carbons (Fsp3) is 0.600. The second-order valence-electron chi connectivity index (χ2n) is 5.91. The molecule has 5 nitrogen and oxygen atoms in total. The van der Waals surface area contributed by atoms with Crippen molar-refractivity contribution in [1.82, 2.24) is 14.9 Å². The van der Waals surface area contributed by atoms with Crippen molar-refractivity contribution in [1.29, 1.82) is 0 Å². The number of aliphatic hydroxyl groups excluding tert-OH is 1. The van der Waals surface area contributed by atoms with Gasteiger partial charge in [-0.3, -0.25) is 4.90 Å². The minimum atomic E-state index is 0.224. The predicted octanol–water partition coefficient (Wildman–Crippen LogP) is 1.95. The third-order valence-corrected chi connectivity index (χ3v) is 5.96. The van der Waals surface area contributed by atoms with Gasteiger partial charge in [0.1, 0.15) is 10.6 Å². The quantitative estimate of drug-likeness (QED) is 0.867. The molecule has 2 aliphatic rings. The fourth-order valence-electron chi connectivity index (χ4n) is 3.50. The van der Waals surface area contributed by atoms with Crippen LogP contribution in [0.1, 0.15) is 16.9 Å². The van der Waals surface area contributed by atoms with Gasteiger partial charge in [0.15, 0.2) is 0 Å². The lowest BCUT2D eigenvalue weighted by Crippen LogP contribution is -2.47. The zero-order chi connectivity index (χ0) is 15.1. The standard InChI is InChI=1S/C15H19ClN4OS/c16-15-17-13(20-6-4-19(5-7-20)8-9-21)12-10-2-1-3-11(10)22-14(12)18-15/h21H,1-9H2. The number of aliphatic hydroxyl groups is 1. The lowest BCUT2D eigenvalue weighted by atomic mass is 10.1. The Balaban J connectivity index is 1.69. The normalized spacial score (nSPS) is 19.1. The summed E-state index contributed by atoms with van der Waals surface area (Å²) in [6.45, 7) is 4.73. The molecule has 0 saturated carbocycles. The van der Waals surface area contributed by atoms with Gasteiger partial charge in [0.05, 0.1) is 12.0 Å². The molecule has 7 heteroatoms. The maximum Gasteiger partial charge on any atom is 0.225 e. The molecule has 2 aromatic heterocycles. The monoisotopic (exact) mass is 338 g/mol. The Kier molecular flexibility index (Phi) is 3.94. The first-order valence-corrected chi connectivity index (χ1v) is 9.01. The van der Waals surface area contributed by atoms with Crippen LogP contribution in [0.3, 0.4) is 0 Å². The van der Waals surface area contributed by atoms with Crippen molar-refractivity contribution < 1.29 is 5.11 Å². The number of halogens is 1. The molecular weight excluding hydrogens is 320 g/mol. The number of piperazine rings is 1. The third-order valence-electron chi connectivity index (χ3n) is 4.61. The molecular formula is C15H19ClN4OS. The fourth-order valence-corrected chi connectivity index (χ4v) is 4.98. The van der Waals surface area contributed by atoms with Gasteiger partial charge in [-0.2, -0.15) is 4.98 Å². The SMILES string of the molecule is OCCN1CCN(c2nc(Cl)nc3sc4c(c23)CCC4)CC1. The van der Waals surface area contributed by atoms with Gasteiger partial charge in [0.25, 0.3) is 0 Å². The van der Waals surface area contributed by atoms with E-state index in [1.54, 1.807) is 11.3 Å². The Labute approximate surface area is 138 Å². The maximum atomic E-state index is 9.07. The molecule has 1 aliphatic heterocycles. The van der Waals surface area contributed by atoms with E-state index in [9.17, 15) is 0 Å². The Hall–Kier alpha value is -0.950. The molecule has 1 N–H and O–H groups in total. The molecule has 0 unspecified atom stereocenters. The molecule has 4 rings (SSSR count). The van der Waals surface area contributed by atoms with E-state index in [2.05, 4.69) is 19.8 Å². The number of aryl methyl sites for hydroxylation is 2. The lowest BCUT2D eigenvalue weighted by Gasteiger charge is -2.35. The number of hydrogen-bond donors (Lipinski definition) is 1. The van der Waals surface area contributed by atoms with Crippen LogP contribution in [-0.2, 0) is 12.8 Å². The topological polar surface area (TPSA) is 52.5 Å². The highest BCUT2D eigenvalue weighted by Crippen LogP contribution is 2.41. The summed E-state index contributed by atoms with van der Waals surface area (Å²) in [6.07, 6.45) is 3.54. The van der Waals surface area contributed by atoms with E-state index in [1.807, 2.05) is 0 Å². The van der Waals surface area contributed by atoms with Crippen molar-refractivity contribution >= 4 is 39.0 Å². The number of anilines is 1. The highest BCUT2D eigenvalue weighted by molar-refractivity contribution is 7.19. The van der Waals surface area contributed by atoms with Crippen LogP contribution in [0.15, 0.2) is 0 Å². The van der Waals surface area contributed by atoms with E-state index in [1.165, 1.54) is 22.2 Å². The van der Waals surface area contributed by atoms with E-state index in [4.69, 9.17) is 16.7 Å². The number of hydrogen-bond acceptors (Lipinski definition) is 6. The summed E-state index contributed by atoms with van der Waals surface area (Å²) in [7, 11) is 0. The Morgan fingerprint density at radius 2 is 1.95 bits per heavy atom. The summed E-state index contributed by atoms with van der Waals surface area (Å²) in [5.41, 5.74) is 1.45. The smallest absolute Gasteiger partial charge is 0.225 e. The van der Waals surface area contributed by atoms with Gasteiger partial charge >= 0.3 is 0 Å². The van der Waals surface area contributed by atoms with Crippen LogP contribution in [0, 0.1) is 0 Å². The second-order valence-corrected chi connectivity index (χ2v) is 7.33. The van der Waals surface area contributed by atoms with Crippen molar-refractivity contribution in [3.8, 4) is 0 Å². The first-order valence-electron chi connectivity index (χ1n) is 7.82. The van der Waals surface area contributed by atoms with Crippen LogP contribution >= 0.6 is 22.9 Å². The average Bonchev–Trinajstić information content (AvgIpc) is 3.08. The molecule has 0 spiro atoms. The highest BCUT2D eigenvalue weighted by atomic mass is 35.5.